The second-order valence-electron chi connectivity index (χ2n) is 7.07. The van der Waals surface area contributed by atoms with E-state index in [-0.39, 0.29) is 11.6 Å². The second-order valence-corrected chi connectivity index (χ2v) is 7.07. The first-order valence-corrected chi connectivity index (χ1v) is 9.19. The third-order valence-electron chi connectivity index (χ3n) is 4.99. The summed E-state index contributed by atoms with van der Waals surface area (Å²) in [5.74, 6) is 1.54. The number of anilines is 1. The first-order valence-electron chi connectivity index (χ1n) is 9.19. The topological polar surface area (TPSA) is 103 Å². The second kappa shape index (κ2) is 7.76. The molecule has 2 aromatic rings. The number of nitrogens with zero attached hydrogens (tertiary/aromatic N) is 2. The van der Waals surface area contributed by atoms with Crippen molar-refractivity contribution in [1.29, 1.82) is 0 Å². The summed E-state index contributed by atoms with van der Waals surface area (Å²) in [5.41, 5.74) is 5.84. The van der Waals surface area contributed by atoms with E-state index in [0.717, 1.165) is 23.3 Å². The van der Waals surface area contributed by atoms with Crippen molar-refractivity contribution in [3.63, 3.8) is 0 Å². The summed E-state index contributed by atoms with van der Waals surface area (Å²) in [6.45, 7) is 4.12. The fourth-order valence-corrected chi connectivity index (χ4v) is 3.38. The van der Waals surface area contributed by atoms with E-state index in [2.05, 4.69) is 10.4 Å². The Hall–Kier alpha value is -2.57. The van der Waals surface area contributed by atoms with Gasteiger partial charge in [-0.2, -0.15) is 5.10 Å². The van der Waals surface area contributed by atoms with Gasteiger partial charge in [-0.1, -0.05) is 19.3 Å². The molecule has 1 aliphatic carbocycles. The first kappa shape index (κ1) is 18.2. The summed E-state index contributed by atoms with van der Waals surface area (Å²) in [7, 11) is 0. The van der Waals surface area contributed by atoms with Gasteiger partial charge in [-0.3, -0.25) is 9.59 Å². The molecule has 7 heteroatoms. The van der Waals surface area contributed by atoms with Crippen LogP contribution in [-0.2, 0) is 4.79 Å². The predicted molar refractivity (Wildman–Crippen MR) is 99.6 cm³/mol. The van der Waals surface area contributed by atoms with Crippen molar-refractivity contribution in [3.05, 3.63) is 34.3 Å². The normalized spacial score (nSPS) is 16.4. The molecular weight excluding hydrogens is 332 g/mol. The van der Waals surface area contributed by atoms with E-state index in [0.29, 0.717) is 23.9 Å². The Morgan fingerprint density at radius 2 is 2.12 bits per heavy atom. The van der Waals surface area contributed by atoms with Gasteiger partial charge in [0.2, 0.25) is 5.91 Å². The van der Waals surface area contributed by atoms with E-state index in [4.69, 9.17) is 10.2 Å². The monoisotopic (exact) mass is 358 g/mol. The van der Waals surface area contributed by atoms with Crippen molar-refractivity contribution in [1.82, 2.24) is 15.1 Å². The predicted octanol–water partition coefficient (Wildman–Crippen LogP) is 2.65. The van der Waals surface area contributed by atoms with Crippen LogP contribution in [-0.4, -0.2) is 22.2 Å². The molecular formula is C19H26N4O3. The third kappa shape index (κ3) is 3.98. The van der Waals surface area contributed by atoms with Gasteiger partial charge in [-0.25, -0.2) is 4.68 Å². The van der Waals surface area contributed by atoms with Crippen molar-refractivity contribution >= 4 is 11.6 Å². The quantitative estimate of drug-likeness (QED) is 0.855. The standard InChI is InChI=1S/C19H26N4O3/c1-12-8-9-17(26-12)16-10-15(20)19(25)23(22-16)13(2)18(24)21-11-14-6-4-3-5-7-14/h8-10,13-14H,3-7,11,20H2,1-2H3,(H,21,24)/t13-/m1/s1. The van der Waals surface area contributed by atoms with E-state index in [1.807, 2.05) is 13.0 Å². The van der Waals surface area contributed by atoms with Crippen LogP contribution in [0.5, 0.6) is 0 Å². The summed E-state index contributed by atoms with van der Waals surface area (Å²) in [5, 5.41) is 7.26. The lowest BCUT2D eigenvalue weighted by Crippen LogP contribution is -2.39. The maximum Gasteiger partial charge on any atom is 0.290 e. The number of hydrogen-bond donors (Lipinski definition) is 2. The van der Waals surface area contributed by atoms with Crippen LogP contribution in [0.3, 0.4) is 0 Å². The average Bonchev–Trinajstić information content (AvgIpc) is 3.08. The molecule has 1 atom stereocenters. The van der Waals surface area contributed by atoms with Gasteiger partial charge in [0.1, 0.15) is 23.2 Å². The van der Waals surface area contributed by atoms with Gasteiger partial charge in [0.05, 0.1) is 0 Å². The van der Waals surface area contributed by atoms with Crippen molar-refractivity contribution in [2.75, 3.05) is 12.3 Å². The van der Waals surface area contributed by atoms with Crippen LogP contribution >= 0.6 is 0 Å². The van der Waals surface area contributed by atoms with Gasteiger partial charge in [0.15, 0.2) is 5.76 Å². The molecule has 140 valence electrons. The fourth-order valence-electron chi connectivity index (χ4n) is 3.38. The molecule has 0 unspecified atom stereocenters. The van der Waals surface area contributed by atoms with Crippen molar-refractivity contribution in [2.24, 2.45) is 5.92 Å². The number of aryl methyl sites for hydroxylation is 1. The molecule has 0 aliphatic heterocycles. The highest BCUT2D eigenvalue weighted by Crippen LogP contribution is 2.23. The maximum atomic E-state index is 12.5. The molecule has 1 fully saturated rings. The number of aromatic nitrogens is 2. The van der Waals surface area contributed by atoms with Crippen LogP contribution in [0.15, 0.2) is 27.4 Å². The third-order valence-corrected chi connectivity index (χ3v) is 4.99. The molecule has 3 rings (SSSR count). The van der Waals surface area contributed by atoms with Gasteiger partial charge < -0.3 is 15.5 Å². The molecule has 1 aliphatic rings. The number of rotatable bonds is 5. The van der Waals surface area contributed by atoms with Crippen LogP contribution in [0.1, 0.15) is 50.8 Å². The first-order chi connectivity index (χ1) is 12.5. The van der Waals surface area contributed by atoms with E-state index in [1.165, 1.54) is 25.3 Å². The Bertz CT molecular complexity index is 834. The molecule has 2 aromatic heterocycles. The largest absolute Gasteiger partial charge is 0.460 e. The summed E-state index contributed by atoms with van der Waals surface area (Å²) >= 11 is 0. The highest BCUT2D eigenvalue weighted by Gasteiger charge is 2.22. The number of carbonyl (C=O) groups is 1. The van der Waals surface area contributed by atoms with Gasteiger partial charge in [-0.15, -0.1) is 0 Å². The van der Waals surface area contributed by atoms with E-state index in [1.54, 1.807) is 13.0 Å². The van der Waals surface area contributed by atoms with Crippen molar-refractivity contribution in [3.8, 4) is 11.5 Å². The molecule has 0 radical (unpaired) electrons. The number of furan rings is 1. The minimum atomic E-state index is -0.746. The van der Waals surface area contributed by atoms with Gasteiger partial charge in [-0.05, 0) is 50.8 Å². The molecule has 2 heterocycles. The lowest BCUT2D eigenvalue weighted by Gasteiger charge is -2.23. The van der Waals surface area contributed by atoms with Crippen LogP contribution in [0.25, 0.3) is 11.5 Å². The molecule has 0 spiro atoms. The van der Waals surface area contributed by atoms with Gasteiger partial charge in [0, 0.05) is 6.54 Å². The van der Waals surface area contributed by atoms with Crippen LogP contribution in [0.4, 0.5) is 5.69 Å². The zero-order valence-corrected chi connectivity index (χ0v) is 15.3. The van der Waals surface area contributed by atoms with E-state index in [9.17, 15) is 9.59 Å². The molecule has 0 aromatic carbocycles. The van der Waals surface area contributed by atoms with Crippen LogP contribution < -0.4 is 16.6 Å². The van der Waals surface area contributed by atoms with E-state index >= 15 is 0 Å². The van der Waals surface area contributed by atoms with Crippen LogP contribution in [0.2, 0.25) is 0 Å². The number of nitrogens with two attached hydrogens (primary N) is 1. The number of nitrogens with one attached hydrogen (secondary N) is 1. The summed E-state index contributed by atoms with van der Waals surface area (Å²) in [4.78, 5) is 24.9. The molecule has 0 bridgehead atoms. The molecule has 26 heavy (non-hydrogen) atoms. The molecule has 1 saturated carbocycles. The summed E-state index contributed by atoms with van der Waals surface area (Å²) < 4.78 is 6.69. The van der Waals surface area contributed by atoms with Gasteiger partial charge >= 0.3 is 0 Å². The minimum Gasteiger partial charge on any atom is -0.460 e. The zero-order chi connectivity index (χ0) is 18.7. The minimum absolute atomic E-state index is 0.0379. The number of hydrogen-bond acceptors (Lipinski definition) is 5. The van der Waals surface area contributed by atoms with E-state index < -0.39 is 11.6 Å². The zero-order valence-electron chi connectivity index (χ0n) is 15.3. The summed E-state index contributed by atoms with van der Waals surface area (Å²) in [6, 6.07) is 4.30. The van der Waals surface area contributed by atoms with Crippen LogP contribution in [0, 0.1) is 12.8 Å². The average molecular weight is 358 g/mol. The van der Waals surface area contributed by atoms with Crippen molar-refractivity contribution < 1.29 is 9.21 Å². The SMILES string of the molecule is Cc1ccc(-c2cc(N)c(=O)n([C@H](C)C(=O)NCC3CCCCC3)n2)o1. The molecule has 7 nitrogen and oxygen atoms in total. The number of amides is 1. The Morgan fingerprint density at radius 3 is 2.77 bits per heavy atom. The molecule has 1 amide bonds. The number of nitrogen functional groups attached to an aromatic ring is 1. The number of carbonyl (C=O) groups excluding carboxylic acids is 1. The summed E-state index contributed by atoms with van der Waals surface area (Å²) in [6.07, 6.45) is 6.01. The highest BCUT2D eigenvalue weighted by molar-refractivity contribution is 5.79. The Morgan fingerprint density at radius 1 is 1.38 bits per heavy atom. The van der Waals surface area contributed by atoms with Gasteiger partial charge in [0.25, 0.3) is 5.56 Å². The van der Waals surface area contributed by atoms with Crippen molar-refractivity contribution in [2.45, 2.75) is 52.0 Å². The lowest BCUT2D eigenvalue weighted by atomic mass is 9.89. The fraction of sp³-hybridized carbons (Fsp3) is 0.526. The Kier molecular flexibility index (Phi) is 5.44. The molecule has 0 saturated heterocycles. The molecule has 3 N–H and O–H groups in total. The Balaban J connectivity index is 1.77. The smallest absolute Gasteiger partial charge is 0.290 e. The highest BCUT2D eigenvalue weighted by atomic mass is 16.3. The lowest BCUT2D eigenvalue weighted by molar-refractivity contribution is -0.124. The maximum absolute atomic E-state index is 12.5. The Labute approximate surface area is 152 Å².